The van der Waals surface area contributed by atoms with E-state index in [1.165, 1.54) is 0 Å². The number of pyridine rings is 2. The molecule has 0 amide bonds. The summed E-state index contributed by atoms with van der Waals surface area (Å²) in [7, 11) is 1.68. The number of hydrogen-bond donors (Lipinski definition) is 1. The van der Waals surface area contributed by atoms with Crippen molar-refractivity contribution in [3.63, 3.8) is 0 Å². The second-order valence-electron chi connectivity index (χ2n) is 11.9. The number of nitrogens with zero attached hydrogens (tertiary/aromatic N) is 6. The summed E-state index contributed by atoms with van der Waals surface area (Å²) in [5.41, 5.74) is 4.26. The van der Waals surface area contributed by atoms with Gasteiger partial charge < -0.3 is 9.84 Å². The number of fused-ring (bicyclic) bond motifs is 4. The van der Waals surface area contributed by atoms with E-state index in [4.69, 9.17) is 4.74 Å². The molecule has 6 heterocycles. The number of methoxy groups -OCH3 is 1. The zero-order valence-electron chi connectivity index (χ0n) is 27.2. The Bertz CT molecular complexity index is 2430. The van der Waals surface area contributed by atoms with Gasteiger partial charge in [0.25, 0.3) is 11.1 Å². The first kappa shape index (κ1) is 36.6. The predicted octanol–water partition coefficient (Wildman–Crippen LogP) is 4.71. The lowest BCUT2D eigenvalue weighted by atomic mass is 10.1. The van der Waals surface area contributed by atoms with E-state index in [0.717, 1.165) is 35.6 Å². The molecule has 10 nitrogen and oxygen atoms in total. The van der Waals surface area contributed by atoms with Crippen LogP contribution in [0.15, 0.2) is 94.8 Å². The molecule has 51 heavy (non-hydrogen) atoms. The number of rotatable bonds is 1. The third kappa shape index (κ3) is 8.22. The van der Waals surface area contributed by atoms with Crippen LogP contribution in [0.5, 0.6) is 0 Å². The molecular formula is C40H37ClN6O4. The van der Waals surface area contributed by atoms with Gasteiger partial charge in [-0.25, -0.2) is 19.9 Å². The van der Waals surface area contributed by atoms with Crippen molar-refractivity contribution in [2.75, 3.05) is 7.11 Å². The molecule has 0 spiro atoms. The van der Waals surface area contributed by atoms with Gasteiger partial charge in [0, 0.05) is 43.5 Å². The summed E-state index contributed by atoms with van der Waals surface area (Å²) < 4.78 is 8.71. The minimum atomic E-state index is -0.474. The fourth-order valence-electron chi connectivity index (χ4n) is 5.97. The van der Waals surface area contributed by atoms with Crippen LogP contribution in [-0.2, 0) is 30.7 Å². The number of aryl methyl sites for hydroxylation is 2. The van der Waals surface area contributed by atoms with Crippen LogP contribution in [0.25, 0.3) is 21.8 Å². The highest BCUT2D eigenvalue weighted by atomic mass is 35.5. The van der Waals surface area contributed by atoms with Gasteiger partial charge in [-0.3, -0.25) is 18.7 Å². The molecule has 0 bridgehead atoms. The van der Waals surface area contributed by atoms with E-state index in [0.29, 0.717) is 59.1 Å². The van der Waals surface area contributed by atoms with Crippen LogP contribution in [0.2, 0.25) is 0 Å². The van der Waals surface area contributed by atoms with Crippen molar-refractivity contribution in [1.29, 1.82) is 0 Å². The number of ether oxygens (including phenoxy) is 1. The zero-order chi connectivity index (χ0) is 33.7. The Hall–Kier alpha value is -5.65. The number of benzene rings is 2. The van der Waals surface area contributed by atoms with Crippen LogP contribution in [0.3, 0.4) is 0 Å². The number of aromatic nitrogens is 6. The van der Waals surface area contributed by atoms with Crippen LogP contribution in [-0.4, -0.2) is 53.5 Å². The summed E-state index contributed by atoms with van der Waals surface area (Å²) in [6.07, 6.45) is 5.89. The van der Waals surface area contributed by atoms with Gasteiger partial charge in [0.2, 0.25) is 0 Å². The first-order valence-electron chi connectivity index (χ1n) is 16.1. The molecular weight excluding hydrogens is 664 g/mol. The van der Waals surface area contributed by atoms with Crippen LogP contribution in [0, 0.1) is 23.7 Å². The van der Waals surface area contributed by atoms with Gasteiger partial charge >= 0.3 is 0 Å². The Kier molecular flexibility index (Phi) is 11.8. The highest BCUT2D eigenvalue weighted by Gasteiger charge is 2.22. The summed E-state index contributed by atoms with van der Waals surface area (Å²) in [5.74, 6) is 13.7. The monoisotopic (exact) mass is 700 g/mol. The van der Waals surface area contributed by atoms with Crippen LogP contribution in [0.4, 0.5) is 0 Å². The molecule has 258 valence electrons. The minimum absolute atomic E-state index is 0. The van der Waals surface area contributed by atoms with Gasteiger partial charge in [-0.05, 0) is 85.3 Å². The summed E-state index contributed by atoms with van der Waals surface area (Å²) in [5, 5.41) is 10.9. The summed E-state index contributed by atoms with van der Waals surface area (Å²) in [6, 6.07) is 22.1. The molecule has 2 aliphatic rings. The summed E-state index contributed by atoms with van der Waals surface area (Å²) in [6.45, 7) is 0.882. The van der Waals surface area contributed by atoms with Crippen LogP contribution >= 0.6 is 12.4 Å². The lowest BCUT2D eigenvalue weighted by Crippen LogP contribution is -2.35. The van der Waals surface area contributed by atoms with Gasteiger partial charge in [-0.2, -0.15) is 0 Å². The highest BCUT2D eigenvalue weighted by molar-refractivity contribution is 5.85. The second-order valence-corrected chi connectivity index (χ2v) is 11.9. The highest BCUT2D eigenvalue weighted by Crippen LogP contribution is 2.19. The minimum Gasteiger partial charge on any atom is -0.391 e. The lowest BCUT2D eigenvalue weighted by molar-refractivity contribution is 0.0689. The van der Waals surface area contributed by atoms with Gasteiger partial charge in [0.15, 0.2) is 0 Å². The van der Waals surface area contributed by atoms with Crippen molar-refractivity contribution in [2.24, 2.45) is 0 Å². The number of aliphatic hydroxyl groups is 1. The lowest BCUT2D eigenvalue weighted by Gasteiger charge is -2.24. The second kappa shape index (κ2) is 16.4. The first-order valence-corrected chi connectivity index (χ1v) is 16.1. The summed E-state index contributed by atoms with van der Waals surface area (Å²) >= 11 is 0. The van der Waals surface area contributed by atoms with E-state index in [1.54, 1.807) is 40.8 Å². The van der Waals surface area contributed by atoms with E-state index >= 15 is 0 Å². The van der Waals surface area contributed by atoms with E-state index in [9.17, 15) is 14.7 Å². The molecule has 0 saturated carbocycles. The zero-order valence-corrected chi connectivity index (χ0v) is 28.1. The number of hydrogen-bond acceptors (Lipinski definition) is 8. The molecule has 6 aromatic rings. The third-order valence-electron chi connectivity index (χ3n) is 8.57. The smallest absolute Gasteiger partial charge is 0.261 e. The van der Waals surface area contributed by atoms with Crippen LogP contribution in [0.1, 0.15) is 54.4 Å². The van der Waals surface area contributed by atoms with E-state index in [2.05, 4.69) is 43.6 Å². The van der Waals surface area contributed by atoms with Crippen molar-refractivity contribution in [2.45, 2.75) is 58.4 Å². The molecule has 2 aromatic carbocycles. The Labute approximate surface area is 301 Å². The molecule has 1 N–H and O–H groups in total. The number of aliphatic hydroxyl groups excluding tert-OH is 1. The van der Waals surface area contributed by atoms with E-state index < -0.39 is 6.10 Å². The molecule has 4 aromatic heterocycles. The Morgan fingerprint density at radius 3 is 1.71 bits per heavy atom. The maximum atomic E-state index is 12.7. The van der Waals surface area contributed by atoms with Crippen LogP contribution < -0.4 is 11.1 Å². The van der Waals surface area contributed by atoms with Crippen molar-refractivity contribution in [3.8, 4) is 23.7 Å². The maximum absolute atomic E-state index is 12.7. The standard InChI is InChI=1S/C20H17N3O2.C19H15N3O2.CH4.ClH/c1-25-16-8-10-19-22-18-12-14(5-7-15-4-2-3-11-21-15)6-9-17(18)20(24)23(19)13-16;23-15-7-9-18-21-17-11-13(4-6-14-3-1-2-10-20-14)5-8-16(17)19(24)22(18)12-15;;/h2-4,6,9,11-12,16H,8,10,13H2,1H3;1-3,5,8,10-11,15,23H,7,9,12H2;1H4;1H. The normalized spacial score (nSPS) is 15.6. The fourth-order valence-corrected chi connectivity index (χ4v) is 5.97. The van der Waals surface area contributed by atoms with Gasteiger partial charge in [-0.1, -0.05) is 31.4 Å². The molecule has 0 radical (unpaired) electrons. The van der Waals surface area contributed by atoms with Crippen molar-refractivity contribution in [1.82, 2.24) is 29.1 Å². The van der Waals surface area contributed by atoms with E-state index in [-0.39, 0.29) is 37.1 Å². The third-order valence-corrected chi connectivity index (χ3v) is 8.57. The van der Waals surface area contributed by atoms with Crippen molar-refractivity contribution < 1.29 is 9.84 Å². The van der Waals surface area contributed by atoms with E-state index in [1.807, 2.05) is 60.7 Å². The largest absolute Gasteiger partial charge is 0.391 e. The maximum Gasteiger partial charge on any atom is 0.261 e. The molecule has 0 fully saturated rings. The average molecular weight is 701 g/mol. The molecule has 11 heteroatoms. The number of halogens is 1. The Morgan fingerprint density at radius 1 is 0.706 bits per heavy atom. The van der Waals surface area contributed by atoms with Gasteiger partial charge in [-0.15, -0.1) is 12.4 Å². The Morgan fingerprint density at radius 2 is 1.22 bits per heavy atom. The first-order chi connectivity index (χ1) is 23.9. The quantitative estimate of drug-likeness (QED) is 0.245. The summed E-state index contributed by atoms with van der Waals surface area (Å²) in [4.78, 5) is 43.0. The topological polar surface area (TPSA) is 125 Å². The molecule has 0 aliphatic carbocycles. The molecule has 2 aliphatic heterocycles. The molecule has 8 rings (SSSR count). The molecule has 2 unspecified atom stereocenters. The average Bonchev–Trinajstić information content (AvgIpc) is 3.14. The van der Waals surface area contributed by atoms with Crippen molar-refractivity contribution >= 4 is 34.2 Å². The fraction of sp³-hybridized carbons (Fsp3) is 0.250. The van der Waals surface area contributed by atoms with Gasteiger partial charge in [0.05, 0.1) is 47.1 Å². The Balaban J connectivity index is 0.000000190. The van der Waals surface area contributed by atoms with Gasteiger partial charge in [0.1, 0.15) is 23.0 Å². The molecule has 0 saturated heterocycles. The SMILES string of the molecule is C.COC1CCc2nc3cc(C#Cc4ccccn4)ccc3c(=O)n2C1.Cl.O=c1c2ccc(C#Cc3ccccn3)cc2nc2n1CC(O)CC2. The predicted molar refractivity (Wildman–Crippen MR) is 200 cm³/mol. The molecule has 2 atom stereocenters. The van der Waals surface area contributed by atoms with Crippen molar-refractivity contribution in [3.05, 3.63) is 140 Å².